The minimum atomic E-state index is -0.318. The van der Waals surface area contributed by atoms with Crippen LogP contribution in [0, 0.1) is 6.92 Å². The van der Waals surface area contributed by atoms with Crippen molar-refractivity contribution in [1.82, 2.24) is 16.0 Å². The normalized spacial score (nSPS) is 17.2. The summed E-state index contributed by atoms with van der Waals surface area (Å²) in [7, 11) is 0. The van der Waals surface area contributed by atoms with Gasteiger partial charge in [0.15, 0.2) is 5.79 Å². The quantitative estimate of drug-likeness (QED) is 0.794. The van der Waals surface area contributed by atoms with Crippen LogP contribution < -0.4 is 16.0 Å². The largest absolute Gasteiger partial charge is 0.282 e. The van der Waals surface area contributed by atoms with Crippen molar-refractivity contribution in [3.05, 3.63) is 71.3 Å². The fourth-order valence-electron chi connectivity index (χ4n) is 2.70. The molecule has 1 heterocycles. The number of aryl methyl sites for hydroxylation is 1. The standard InChI is InChI=1S/C17H21N3/c1-14-6-5-9-16(12-14)17(18-10-11-19-17)20-13-15-7-3-2-4-8-15/h2-9,12,18-20H,10-11,13H2,1H3. The molecule has 3 N–H and O–H groups in total. The maximum atomic E-state index is 3.63. The van der Waals surface area contributed by atoms with Gasteiger partial charge in [-0.3, -0.25) is 16.0 Å². The lowest BCUT2D eigenvalue weighted by Gasteiger charge is -2.32. The predicted molar refractivity (Wildman–Crippen MR) is 82.1 cm³/mol. The van der Waals surface area contributed by atoms with Crippen LogP contribution in [0.3, 0.4) is 0 Å². The van der Waals surface area contributed by atoms with Crippen LogP contribution in [-0.4, -0.2) is 13.1 Å². The monoisotopic (exact) mass is 267 g/mol. The van der Waals surface area contributed by atoms with Crippen molar-refractivity contribution in [2.45, 2.75) is 19.3 Å². The number of benzene rings is 2. The maximum absolute atomic E-state index is 3.63. The van der Waals surface area contributed by atoms with E-state index in [0.29, 0.717) is 0 Å². The molecule has 0 unspecified atom stereocenters. The molecule has 2 aromatic carbocycles. The highest BCUT2D eigenvalue weighted by atomic mass is 15.4. The lowest BCUT2D eigenvalue weighted by Crippen LogP contribution is -2.57. The van der Waals surface area contributed by atoms with Crippen LogP contribution in [0.5, 0.6) is 0 Å². The van der Waals surface area contributed by atoms with Crippen molar-refractivity contribution in [2.75, 3.05) is 13.1 Å². The fourth-order valence-corrected chi connectivity index (χ4v) is 2.70. The molecular weight excluding hydrogens is 246 g/mol. The zero-order chi connectivity index (χ0) is 13.8. The molecule has 0 amide bonds. The minimum Gasteiger partial charge on any atom is -0.282 e. The van der Waals surface area contributed by atoms with Gasteiger partial charge >= 0.3 is 0 Å². The summed E-state index contributed by atoms with van der Waals surface area (Å²) in [6.07, 6.45) is 0. The topological polar surface area (TPSA) is 36.1 Å². The van der Waals surface area contributed by atoms with Gasteiger partial charge in [-0.15, -0.1) is 0 Å². The van der Waals surface area contributed by atoms with E-state index >= 15 is 0 Å². The molecule has 1 aliphatic rings. The summed E-state index contributed by atoms with van der Waals surface area (Å²) in [5.74, 6) is -0.318. The van der Waals surface area contributed by atoms with Crippen LogP contribution >= 0.6 is 0 Å². The highest BCUT2D eigenvalue weighted by Crippen LogP contribution is 2.19. The summed E-state index contributed by atoms with van der Waals surface area (Å²) < 4.78 is 0. The average molecular weight is 267 g/mol. The molecule has 2 aromatic rings. The van der Waals surface area contributed by atoms with Gasteiger partial charge in [-0.05, 0) is 12.5 Å². The number of rotatable bonds is 4. The third kappa shape index (κ3) is 2.75. The molecule has 3 rings (SSSR count). The Morgan fingerprint density at radius 2 is 1.75 bits per heavy atom. The average Bonchev–Trinajstić information content (AvgIpc) is 2.96. The second-order valence-corrected chi connectivity index (χ2v) is 5.31. The lowest BCUT2D eigenvalue weighted by atomic mass is 10.0. The smallest absolute Gasteiger partial charge is 0.150 e. The summed E-state index contributed by atoms with van der Waals surface area (Å²) in [6.45, 7) is 4.89. The molecular formula is C17H21N3. The van der Waals surface area contributed by atoms with Gasteiger partial charge in [0.05, 0.1) is 0 Å². The molecule has 1 fully saturated rings. The van der Waals surface area contributed by atoms with E-state index in [1.807, 2.05) is 6.07 Å². The lowest BCUT2D eigenvalue weighted by molar-refractivity contribution is 0.261. The van der Waals surface area contributed by atoms with Crippen LogP contribution in [0.1, 0.15) is 16.7 Å². The van der Waals surface area contributed by atoms with Crippen LogP contribution in [-0.2, 0) is 12.3 Å². The Balaban J connectivity index is 1.81. The van der Waals surface area contributed by atoms with Crippen molar-refractivity contribution in [3.8, 4) is 0 Å². The van der Waals surface area contributed by atoms with E-state index < -0.39 is 0 Å². The van der Waals surface area contributed by atoms with Gasteiger partial charge in [0.2, 0.25) is 0 Å². The third-order valence-electron chi connectivity index (χ3n) is 3.76. The molecule has 104 valence electrons. The first-order chi connectivity index (χ1) is 9.78. The van der Waals surface area contributed by atoms with Crippen molar-refractivity contribution in [2.24, 2.45) is 0 Å². The second kappa shape index (κ2) is 5.75. The van der Waals surface area contributed by atoms with Crippen molar-refractivity contribution in [3.63, 3.8) is 0 Å². The molecule has 1 saturated heterocycles. The van der Waals surface area contributed by atoms with Crippen molar-refractivity contribution < 1.29 is 0 Å². The van der Waals surface area contributed by atoms with Crippen LogP contribution in [0.4, 0.5) is 0 Å². The van der Waals surface area contributed by atoms with Gasteiger partial charge in [0.1, 0.15) is 0 Å². The predicted octanol–water partition coefficient (Wildman–Crippen LogP) is 2.09. The van der Waals surface area contributed by atoms with Gasteiger partial charge in [-0.2, -0.15) is 0 Å². The van der Waals surface area contributed by atoms with Gasteiger partial charge < -0.3 is 0 Å². The molecule has 3 heteroatoms. The van der Waals surface area contributed by atoms with Crippen molar-refractivity contribution >= 4 is 0 Å². The first-order valence-corrected chi connectivity index (χ1v) is 7.15. The van der Waals surface area contributed by atoms with E-state index in [9.17, 15) is 0 Å². The molecule has 1 aliphatic heterocycles. The highest BCUT2D eigenvalue weighted by Gasteiger charge is 2.34. The first kappa shape index (κ1) is 13.3. The zero-order valence-corrected chi connectivity index (χ0v) is 11.8. The Hall–Kier alpha value is -1.68. The molecule has 20 heavy (non-hydrogen) atoms. The minimum absolute atomic E-state index is 0.318. The van der Waals surface area contributed by atoms with E-state index in [0.717, 1.165) is 19.6 Å². The SMILES string of the molecule is Cc1cccc(C2(NCc3ccccc3)NCCN2)c1. The maximum Gasteiger partial charge on any atom is 0.150 e. The number of hydrogen-bond acceptors (Lipinski definition) is 3. The molecule has 0 spiro atoms. The Kier molecular flexibility index (Phi) is 3.83. The summed E-state index contributed by atoms with van der Waals surface area (Å²) in [5.41, 5.74) is 3.81. The van der Waals surface area contributed by atoms with E-state index in [2.05, 4.69) is 71.4 Å². The zero-order valence-electron chi connectivity index (χ0n) is 11.8. The van der Waals surface area contributed by atoms with Crippen molar-refractivity contribution in [1.29, 1.82) is 0 Å². The molecule has 0 saturated carbocycles. The van der Waals surface area contributed by atoms with E-state index in [1.165, 1.54) is 16.7 Å². The summed E-state index contributed by atoms with van der Waals surface area (Å²) in [4.78, 5) is 0. The van der Waals surface area contributed by atoms with Gasteiger partial charge in [-0.1, -0.05) is 60.2 Å². The second-order valence-electron chi connectivity index (χ2n) is 5.31. The van der Waals surface area contributed by atoms with Crippen LogP contribution in [0.2, 0.25) is 0 Å². The Bertz CT molecular complexity index is 559. The Morgan fingerprint density at radius 1 is 1.00 bits per heavy atom. The molecule has 0 radical (unpaired) electrons. The molecule has 0 aliphatic carbocycles. The first-order valence-electron chi connectivity index (χ1n) is 7.15. The third-order valence-corrected chi connectivity index (χ3v) is 3.76. The molecule has 0 atom stereocenters. The highest BCUT2D eigenvalue weighted by molar-refractivity contribution is 5.29. The molecule has 0 aromatic heterocycles. The van der Waals surface area contributed by atoms with Gasteiger partial charge in [-0.25, -0.2) is 0 Å². The van der Waals surface area contributed by atoms with Crippen LogP contribution in [0.15, 0.2) is 54.6 Å². The van der Waals surface area contributed by atoms with Gasteiger partial charge in [0.25, 0.3) is 0 Å². The van der Waals surface area contributed by atoms with E-state index in [-0.39, 0.29) is 5.79 Å². The molecule has 0 bridgehead atoms. The van der Waals surface area contributed by atoms with E-state index in [4.69, 9.17) is 0 Å². The van der Waals surface area contributed by atoms with Gasteiger partial charge in [0, 0.05) is 25.2 Å². The van der Waals surface area contributed by atoms with Crippen LogP contribution in [0.25, 0.3) is 0 Å². The fraction of sp³-hybridized carbons (Fsp3) is 0.294. The summed E-state index contributed by atoms with van der Waals surface area (Å²) >= 11 is 0. The summed E-state index contributed by atoms with van der Waals surface area (Å²) in [5, 5.41) is 10.8. The number of nitrogens with one attached hydrogen (secondary N) is 3. The summed E-state index contributed by atoms with van der Waals surface area (Å²) in [6, 6.07) is 19.1. The molecule has 3 nitrogen and oxygen atoms in total. The number of hydrogen-bond donors (Lipinski definition) is 3. The van der Waals surface area contributed by atoms with E-state index in [1.54, 1.807) is 0 Å². The Morgan fingerprint density at radius 3 is 2.45 bits per heavy atom. The Labute approximate surface area is 120 Å².